The predicted molar refractivity (Wildman–Crippen MR) is 107 cm³/mol. The molecule has 1 aromatic rings. The second-order valence-corrected chi connectivity index (χ2v) is 8.53. The molecule has 1 N–H and O–H groups in total. The maximum Gasteiger partial charge on any atom is 0.194 e. The van der Waals surface area contributed by atoms with Crippen LogP contribution in [0.4, 0.5) is 0 Å². The summed E-state index contributed by atoms with van der Waals surface area (Å²) < 4.78 is 27.5. The van der Waals surface area contributed by atoms with Gasteiger partial charge in [-0.15, -0.1) is 0 Å². The largest absolute Gasteiger partial charge is 0.378 e. The molecular weight excluding hydrogens is 350 g/mol. The fraction of sp³-hybridized carbons (Fsp3) is 0.526. The van der Waals surface area contributed by atoms with E-state index in [-0.39, 0.29) is 12.4 Å². The Morgan fingerprint density at radius 1 is 1.27 bits per heavy atom. The third kappa shape index (κ3) is 7.17. The Bertz CT molecular complexity index is 715. The molecule has 0 radical (unpaired) electrons. The molecule has 0 atom stereocenters. The summed E-state index contributed by atoms with van der Waals surface area (Å²) in [4.78, 5) is 6.83. The van der Waals surface area contributed by atoms with Crippen molar-refractivity contribution in [2.24, 2.45) is 4.99 Å². The number of guanidine groups is 1. The second-order valence-electron chi connectivity index (χ2n) is 6.27. The van der Waals surface area contributed by atoms with Crippen LogP contribution in [-0.4, -0.2) is 70.7 Å². The smallest absolute Gasteiger partial charge is 0.194 e. The van der Waals surface area contributed by atoms with Crippen molar-refractivity contribution in [1.29, 1.82) is 0 Å². The van der Waals surface area contributed by atoms with E-state index in [9.17, 15) is 8.42 Å². The van der Waals surface area contributed by atoms with Crippen molar-refractivity contribution >= 4 is 21.4 Å². The normalized spacial score (nSPS) is 15.7. The van der Waals surface area contributed by atoms with Crippen LogP contribution in [0, 0.1) is 0 Å². The van der Waals surface area contributed by atoms with Crippen LogP contribution < -0.4 is 5.32 Å². The van der Waals surface area contributed by atoms with E-state index >= 15 is 0 Å². The standard InChI is InChI=1S/C19H29N3O3S/c1-3-20-19(21-11-14-25-15-16-26(2,23)24)22-12-9-18(10-13-22)17-7-5-4-6-8-17/h4-9H,3,10-16H2,1-2H3,(H,20,21). The molecule has 1 heterocycles. The van der Waals surface area contributed by atoms with E-state index in [1.807, 2.05) is 13.0 Å². The quantitative estimate of drug-likeness (QED) is 0.424. The van der Waals surface area contributed by atoms with Gasteiger partial charge in [-0.25, -0.2) is 8.42 Å². The molecule has 0 unspecified atom stereocenters. The topological polar surface area (TPSA) is 71.0 Å². The highest BCUT2D eigenvalue weighted by Gasteiger charge is 2.15. The summed E-state index contributed by atoms with van der Waals surface area (Å²) in [6.07, 6.45) is 4.46. The molecule has 2 rings (SSSR count). The predicted octanol–water partition coefficient (Wildman–Crippen LogP) is 1.80. The van der Waals surface area contributed by atoms with Crippen molar-refractivity contribution in [3.05, 3.63) is 42.0 Å². The minimum absolute atomic E-state index is 0.0516. The zero-order valence-corrected chi connectivity index (χ0v) is 16.5. The van der Waals surface area contributed by atoms with Gasteiger partial charge in [-0.05, 0) is 24.5 Å². The van der Waals surface area contributed by atoms with Gasteiger partial charge in [0.2, 0.25) is 0 Å². The molecule has 144 valence electrons. The van der Waals surface area contributed by atoms with Gasteiger partial charge < -0.3 is 15.0 Å². The molecule has 0 saturated carbocycles. The molecule has 6 nitrogen and oxygen atoms in total. The third-order valence-corrected chi connectivity index (χ3v) is 4.99. The van der Waals surface area contributed by atoms with E-state index in [1.54, 1.807) is 0 Å². The Morgan fingerprint density at radius 3 is 2.65 bits per heavy atom. The summed E-state index contributed by atoms with van der Waals surface area (Å²) in [6, 6.07) is 10.5. The monoisotopic (exact) mass is 379 g/mol. The number of hydrogen-bond donors (Lipinski definition) is 1. The number of rotatable bonds is 8. The first-order valence-corrected chi connectivity index (χ1v) is 11.1. The van der Waals surface area contributed by atoms with E-state index in [2.05, 4.69) is 45.6 Å². The summed E-state index contributed by atoms with van der Waals surface area (Å²) in [5, 5.41) is 3.32. The number of nitrogens with one attached hydrogen (secondary N) is 1. The molecule has 26 heavy (non-hydrogen) atoms. The average molecular weight is 380 g/mol. The first-order chi connectivity index (χ1) is 12.5. The molecular formula is C19H29N3O3S. The molecule has 1 aromatic carbocycles. The van der Waals surface area contributed by atoms with Gasteiger partial charge in [0.15, 0.2) is 5.96 Å². The van der Waals surface area contributed by atoms with Gasteiger partial charge in [-0.1, -0.05) is 36.4 Å². The van der Waals surface area contributed by atoms with Crippen LogP contribution in [-0.2, 0) is 14.6 Å². The summed E-state index contributed by atoms with van der Waals surface area (Å²) in [5.74, 6) is 0.929. The maximum absolute atomic E-state index is 11.1. The van der Waals surface area contributed by atoms with Crippen molar-refractivity contribution in [3.63, 3.8) is 0 Å². The number of hydrogen-bond acceptors (Lipinski definition) is 4. The molecule has 0 bridgehead atoms. The van der Waals surface area contributed by atoms with Gasteiger partial charge in [0.25, 0.3) is 0 Å². The Labute approximate surface area is 156 Å². The zero-order valence-electron chi connectivity index (χ0n) is 15.6. The number of ether oxygens (including phenoxy) is 1. The Morgan fingerprint density at radius 2 is 2.04 bits per heavy atom. The van der Waals surface area contributed by atoms with Crippen molar-refractivity contribution in [3.8, 4) is 0 Å². The maximum atomic E-state index is 11.1. The molecule has 0 spiro atoms. The van der Waals surface area contributed by atoms with Gasteiger partial charge in [0.1, 0.15) is 9.84 Å². The molecule has 1 aliphatic heterocycles. The van der Waals surface area contributed by atoms with Gasteiger partial charge in [0.05, 0.1) is 25.5 Å². The molecule has 7 heteroatoms. The van der Waals surface area contributed by atoms with Crippen LogP contribution in [0.1, 0.15) is 18.9 Å². The molecule has 0 aliphatic carbocycles. The number of aliphatic imine (C=N–C) groups is 1. The molecule has 0 aromatic heterocycles. The van der Waals surface area contributed by atoms with Crippen LogP contribution in [0.5, 0.6) is 0 Å². The van der Waals surface area contributed by atoms with Crippen LogP contribution in [0.3, 0.4) is 0 Å². The highest BCUT2D eigenvalue weighted by Crippen LogP contribution is 2.21. The highest BCUT2D eigenvalue weighted by atomic mass is 32.2. The minimum atomic E-state index is -2.97. The Kier molecular flexibility index (Phi) is 8.12. The van der Waals surface area contributed by atoms with Crippen molar-refractivity contribution in [2.45, 2.75) is 13.3 Å². The average Bonchev–Trinajstić information content (AvgIpc) is 2.64. The fourth-order valence-electron chi connectivity index (χ4n) is 2.73. The van der Waals surface area contributed by atoms with Crippen molar-refractivity contribution in [1.82, 2.24) is 10.2 Å². The summed E-state index contributed by atoms with van der Waals surface area (Å²) >= 11 is 0. The van der Waals surface area contributed by atoms with Crippen LogP contribution in [0.25, 0.3) is 5.57 Å². The molecule has 0 saturated heterocycles. The highest BCUT2D eigenvalue weighted by molar-refractivity contribution is 7.90. The van der Waals surface area contributed by atoms with E-state index < -0.39 is 9.84 Å². The molecule has 0 fully saturated rings. The Hall–Kier alpha value is -1.86. The Balaban J connectivity index is 1.84. The lowest BCUT2D eigenvalue weighted by molar-refractivity contribution is 0.157. The van der Waals surface area contributed by atoms with Crippen molar-refractivity contribution in [2.75, 3.05) is 51.4 Å². The molecule has 1 aliphatic rings. The summed E-state index contributed by atoms with van der Waals surface area (Å²) in [5.41, 5.74) is 2.66. The van der Waals surface area contributed by atoms with Gasteiger partial charge in [-0.2, -0.15) is 0 Å². The first kappa shape index (κ1) is 20.5. The van der Waals surface area contributed by atoms with Crippen LogP contribution in [0.2, 0.25) is 0 Å². The van der Waals surface area contributed by atoms with E-state index in [1.165, 1.54) is 17.4 Å². The van der Waals surface area contributed by atoms with Gasteiger partial charge in [-0.3, -0.25) is 4.99 Å². The number of nitrogens with zero attached hydrogens (tertiary/aromatic N) is 2. The lowest BCUT2D eigenvalue weighted by atomic mass is 10.00. The van der Waals surface area contributed by atoms with Crippen LogP contribution in [0.15, 0.2) is 41.4 Å². The number of benzene rings is 1. The summed E-state index contributed by atoms with van der Waals surface area (Å²) in [7, 11) is -2.97. The fourth-order valence-corrected chi connectivity index (χ4v) is 3.15. The van der Waals surface area contributed by atoms with E-state index in [0.717, 1.165) is 32.0 Å². The lowest BCUT2D eigenvalue weighted by Crippen LogP contribution is -2.43. The lowest BCUT2D eigenvalue weighted by Gasteiger charge is -2.29. The molecule has 0 amide bonds. The second kappa shape index (κ2) is 10.3. The minimum Gasteiger partial charge on any atom is -0.378 e. The van der Waals surface area contributed by atoms with E-state index in [0.29, 0.717) is 13.2 Å². The van der Waals surface area contributed by atoms with Crippen LogP contribution >= 0.6 is 0 Å². The van der Waals surface area contributed by atoms with Gasteiger partial charge in [0, 0.05) is 25.9 Å². The van der Waals surface area contributed by atoms with E-state index in [4.69, 9.17) is 4.74 Å². The first-order valence-electron chi connectivity index (χ1n) is 9.03. The SMILES string of the molecule is CCNC(=NCCOCCS(C)(=O)=O)N1CC=C(c2ccccc2)CC1. The van der Waals surface area contributed by atoms with Gasteiger partial charge >= 0.3 is 0 Å². The third-order valence-electron chi connectivity index (χ3n) is 4.08. The number of sulfone groups is 1. The zero-order chi connectivity index (χ0) is 18.8. The summed E-state index contributed by atoms with van der Waals surface area (Å²) in [6.45, 7) is 5.75. The van der Waals surface area contributed by atoms with Crippen molar-refractivity contribution < 1.29 is 13.2 Å².